The molecule has 11 nitrogen and oxygen atoms in total. The van der Waals surface area contributed by atoms with Crippen molar-refractivity contribution in [1.82, 2.24) is 35.4 Å². The van der Waals surface area contributed by atoms with Crippen LogP contribution in [-0.2, 0) is 20.7 Å². The topological polar surface area (TPSA) is 122 Å². The Balaban J connectivity index is 1.55. The maximum atomic E-state index is 13.8. The fourth-order valence-corrected chi connectivity index (χ4v) is 5.10. The van der Waals surface area contributed by atoms with Gasteiger partial charge in [0.25, 0.3) is 5.91 Å². The first kappa shape index (κ1) is 31.8. The molecule has 1 saturated heterocycles. The summed E-state index contributed by atoms with van der Waals surface area (Å²) in [5.41, 5.74) is 1.83. The summed E-state index contributed by atoms with van der Waals surface area (Å²) in [5.74, 6) is -1.21. The van der Waals surface area contributed by atoms with Gasteiger partial charge in [-0.15, -0.1) is 5.10 Å². The summed E-state index contributed by atoms with van der Waals surface area (Å²) in [5, 5.41) is 14.0. The Kier molecular flexibility index (Phi) is 11.0. The van der Waals surface area contributed by atoms with Crippen LogP contribution in [0.4, 0.5) is 4.39 Å². The Morgan fingerprint density at radius 1 is 1.12 bits per heavy atom. The lowest BCUT2D eigenvalue weighted by Gasteiger charge is -2.34. The van der Waals surface area contributed by atoms with Gasteiger partial charge in [-0.1, -0.05) is 35.5 Å². The molecule has 1 aromatic heterocycles. The van der Waals surface area contributed by atoms with Gasteiger partial charge < -0.3 is 25.2 Å². The lowest BCUT2D eigenvalue weighted by atomic mass is 10.1. The summed E-state index contributed by atoms with van der Waals surface area (Å²) < 4.78 is 20.5. The highest BCUT2D eigenvalue weighted by atomic mass is 19.1. The Morgan fingerprint density at radius 3 is 2.51 bits per heavy atom. The van der Waals surface area contributed by atoms with Crippen LogP contribution in [-0.4, -0.2) is 101 Å². The van der Waals surface area contributed by atoms with Crippen LogP contribution in [0.3, 0.4) is 0 Å². The molecule has 4 atom stereocenters. The van der Waals surface area contributed by atoms with Crippen LogP contribution in [0.15, 0.2) is 60.8 Å². The van der Waals surface area contributed by atoms with Gasteiger partial charge in [0, 0.05) is 32.8 Å². The Hall–Kier alpha value is -4.16. The van der Waals surface area contributed by atoms with Crippen LogP contribution in [0.25, 0.3) is 5.69 Å². The number of nitrogens with zero attached hydrogens (tertiary/aromatic N) is 5. The zero-order valence-electron chi connectivity index (χ0n) is 25.1. The molecule has 0 aliphatic carbocycles. The molecule has 4 rings (SSSR count). The minimum absolute atomic E-state index is 0.179. The van der Waals surface area contributed by atoms with E-state index in [1.54, 1.807) is 53.7 Å². The fraction of sp³-hybridized carbons (Fsp3) is 0.452. The average molecular weight is 594 g/mol. The highest BCUT2D eigenvalue weighted by Crippen LogP contribution is 2.22. The number of methoxy groups -OCH3 is 1. The van der Waals surface area contributed by atoms with Crippen LogP contribution < -0.4 is 10.6 Å². The highest BCUT2D eigenvalue weighted by molar-refractivity contribution is 5.92. The molecule has 230 valence electrons. The zero-order chi connectivity index (χ0) is 30.9. The number of ether oxygens (including phenoxy) is 1. The van der Waals surface area contributed by atoms with Gasteiger partial charge in [-0.3, -0.25) is 14.4 Å². The number of carbonyl (C=O) groups is 3. The summed E-state index contributed by atoms with van der Waals surface area (Å²) in [4.78, 5) is 43.8. The molecule has 0 saturated carbocycles. The van der Waals surface area contributed by atoms with Crippen molar-refractivity contribution in [2.75, 3.05) is 33.8 Å². The number of hydrogen-bond acceptors (Lipinski definition) is 7. The van der Waals surface area contributed by atoms with Crippen molar-refractivity contribution in [1.29, 1.82) is 0 Å². The Bertz CT molecular complexity index is 1370. The molecule has 43 heavy (non-hydrogen) atoms. The van der Waals surface area contributed by atoms with Crippen molar-refractivity contribution in [2.24, 2.45) is 0 Å². The monoisotopic (exact) mass is 593 g/mol. The number of halogens is 1. The first-order valence-corrected chi connectivity index (χ1v) is 14.5. The molecule has 0 unspecified atom stereocenters. The maximum absolute atomic E-state index is 13.8. The van der Waals surface area contributed by atoms with Gasteiger partial charge in [0.1, 0.15) is 11.9 Å². The van der Waals surface area contributed by atoms with Crippen molar-refractivity contribution in [2.45, 2.75) is 57.3 Å². The Morgan fingerprint density at radius 2 is 1.84 bits per heavy atom. The number of carbonyl (C=O) groups excluding carboxylic acids is 3. The second-order valence-electron chi connectivity index (χ2n) is 10.8. The predicted octanol–water partition coefficient (Wildman–Crippen LogP) is 2.21. The lowest BCUT2D eigenvalue weighted by molar-refractivity contribution is -0.141. The molecular weight excluding hydrogens is 553 g/mol. The summed E-state index contributed by atoms with van der Waals surface area (Å²) in [7, 11) is 3.17. The summed E-state index contributed by atoms with van der Waals surface area (Å²) >= 11 is 0. The van der Waals surface area contributed by atoms with Crippen molar-refractivity contribution in [3.8, 4) is 5.69 Å². The third kappa shape index (κ3) is 8.02. The number of likely N-dealkylation sites (tertiary alicyclic amines) is 1. The highest BCUT2D eigenvalue weighted by Gasteiger charge is 2.38. The van der Waals surface area contributed by atoms with Gasteiger partial charge in [-0.2, -0.15) is 0 Å². The van der Waals surface area contributed by atoms with E-state index in [9.17, 15) is 18.8 Å². The van der Waals surface area contributed by atoms with Crippen LogP contribution >= 0.6 is 0 Å². The quantitative estimate of drug-likeness (QED) is 0.312. The molecular formula is C31H40FN7O4. The minimum atomic E-state index is -0.886. The number of para-hydroxylation sites is 1. The number of amides is 3. The molecule has 3 amide bonds. The SMILES string of the molecule is CN[C@@H](C)C(=O)N[C@H](C(=O)N1CCC[C@H]1CN(CCc1ccc(F)cc1)C(=O)c1cn(-c2ccccc2)nn1)[C@@H](C)OC. The standard InChI is InChI=1S/C31H40FN7O4/c1-21(33-3)29(40)34-28(22(2)43-4)31(42)38-17-8-11-26(38)19-37(18-16-23-12-14-24(32)15-13-23)30(41)27-20-39(36-35-27)25-9-6-5-7-10-25/h5-7,9-10,12-15,20-22,26,28,33H,8,11,16-19H2,1-4H3,(H,34,40)/t21-,22+,26-,28-/m0/s1. The van der Waals surface area contributed by atoms with Crippen molar-refractivity contribution in [3.63, 3.8) is 0 Å². The van der Waals surface area contributed by atoms with E-state index >= 15 is 0 Å². The first-order valence-electron chi connectivity index (χ1n) is 14.5. The van der Waals surface area contributed by atoms with E-state index in [0.717, 1.165) is 17.7 Å². The van der Waals surface area contributed by atoms with Crippen LogP contribution in [0.5, 0.6) is 0 Å². The van der Waals surface area contributed by atoms with Crippen LogP contribution in [0.1, 0.15) is 42.7 Å². The van der Waals surface area contributed by atoms with Gasteiger partial charge >= 0.3 is 0 Å². The molecule has 0 spiro atoms. The maximum Gasteiger partial charge on any atom is 0.276 e. The van der Waals surface area contributed by atoms with Gasteiger partial charge in [0.15, 0.2) is 5.69 Å². The van der Waals surface area contributed by atoms with E-state index in [4.69, 9.17) is 4.74 Å². The first-order chi connectivity index (χ1) is 20.7. The molecule has 1 aliphatic rings. The summed E-state index contributed by atoms with van der Waals surface area (Å²) in [6.07, 6.45) is 2.97. The van der Waals surface area contributed by atoms with Crippen molar-refractivity contribution < 1.29 is 23.5 Å². The van der Waals surface area contributed by atoms with E-state index < -0.39 is 18.2 Å². The van der Waals surface area contributed by atoms with E-state index in [2.05, 4.69) is 20.9 Å². The molecule has 0 bridgehead atoms. The predicted molar refractivity (Wildman–Crippen MR) is 159 cm³/mol. The number of nitrogens with one attached hydrogen (secondary N) is 2. The number of hydrogen-bond donors (Lipinski definition) is 2. The minimum Gasteiger partial charge on any atom is -0.379 e. The average Bonchev–Trinajstić information content (AvgIpc) is 3.72. The number of aromatic nitrogens is 3. The number of rotatable bonds is 13. The molecule has 1 fully saturated rings. The smallest absolute Gasteiger partial charge is 0.276 e. The molecule has 12 heteroatoms. The molecule has 1 aliphatic heterocycles. The summed E-state index contributed by atoms with van der Waals surface area (Å²) in [6.45, 7) is 4.55. The fourth-order valence-electron chi connectivity index (χ4n) is 5.10. The van der Waals surface area contributed by atoms with Gasteiger partial charge in [0.05, 0.1) is 24.0 Å². The second-order valence-corrected chi connectivity index (χ2v) is 10.8. The van der Waals surface area contributed by atoms with Gasteiger partial charge in [-0.25, -0.2) is 9.07 Å². The van der Waals surface area contributed by atoms with Crippen molar-refractivity contribution >= 4 is 17.7 Å². The van der Waals surface area contributed by atoms with Crippen molar-refractivity contribution in [3.05, 3.63) is 77.9 Å². The number of benzene rings is 2. The molecule has 2 aromatic carbocycles. The lowest BCUT2D eigenvalue weighted by Crippen LogP contribution is -2.58. The molecule has 0 radical (unpaired) electrons. The molecule has 2 N–H and O–H groups in total. The summed E-state index contributed by atoms with van der Waals surface area (Å²) in [6, 6.07) is 13.9. The van der Waals surface area contributed by atoms with Crippen LogP contribution in [0.2, 0.25) is 0 Å². The number of likely N-dealkylation sites (N-methyl/N-ethyl adjacent to an activating group) is 1. The van der Waals surface area contributed by atoms with E-state index in [0.29, 0.717) is 25.9 Å². The third-order valence-electron chi connectivity index (χ3n) is 7.93. The third-order valence-corrected chi connectivity index (χ3v) is 7.93. The largest absolute Gasteiger partial charge is 0.379 e. The second kappa shape index (κ2) is 14.8. The Labute approximate surface area is 251 Å². The normalized spacial score (nSPS) is 16.9. The van der Waals surface area contributed by atoms with Gasteiger partial charge in [-0.05, 0) is 70.0 Å². The molecule has 3 aromatic rings. The van der Waals surface area contributed by atoms with Gasteiger partial charge in [0.2, 0.25) is 11.8 Å². The molecule has 2 heterocycles. The van der Waals surface area contributed by atoms with Crippen LogP contribution in [0, 0.1) is 5.82 Å². The van der Waals surface area contributed by atoms with E-state index in [1.165, 1.54) is 19.2 Å². The van der Waals surface area contributed by atoms with E-state index in [1.807, 2.05) is 30.3 Å². The van der Waals surface area contributed by atoms with E-state index in [-0.39, 0.29) is 41.8 Å². The zero-order valence-corrected chi connectivity index (χ0v) is 25.1.